The molecule has 1 aromatic heterocycles. The zero-order valence-electron chi connectivity index (χ0n) is 9.62. The number of nitrogens with two attached hydrogens (primary N) is 1. The van der Waals surface area contributed by atoms with Crippen molar-refractivity contribution in [3.8, 4) is 0 Å². The molecular weight excluding hydrogens is 222 g/mol. The number of amides is 1. The van der Waals surface area contributed by atoms with Gasteiger partial charge in [0.2, 0.25) is 5.91 Å². The highest BCUT2D eigenvalue weighted by Gasteiger charge is 2.20. The number of fused-ring (bicyclic) bond motifs is 1. The molecular formula is C11H17N3OS. The van der Waals surface area contributed by atoms with Crippen molar-refractivity contribution in [1.29, 1.82) is 0 Å². The van der Waals surface area contributed by atoms with Crippen LogP contribution in [0.2, 0.25) is 0 Å². The highest BCUT2D eigenvalue weighted by molar-refractivity contribution is 7.15. The van der Waals surface area contributed by atoms with E-state index in [9.17, 15) is 4.79 Å². The number of anilines is 1. The average molecular weight is 239 g/mol. The Kier molecular flexibility index (Phi) is 3.25. The predicted octanol–water partition coefficient (Wildman–Crippen LogP) is 1.55. The molecule has 1 heterocycles. The molecule has 0 saturated carbocycles. The molecule has 3 N–H and O–H groups in total. The van der Waals surface area contributed by atoms with E-state index in [1.54, 1.807) is 18.3 Å². The highest BCUT2D eigenvalue weighted by atomic mass is 32.1. The third-order valence-electron chi connectivity index (χ3n) is 2.83. The Morgan fingerprint density at radius 3 is 3.12 bits per heavy atom. The number of nitrogens with one attached hydrogen (secondary N) is 1. The van der Waals surface area contributed by atoms with Crippen LogP contribution in [0.25, 0.3) is 0 Å². The number of nitrogens with zero attached hydrogens (tertiary/aromatic N) is 1. The Morgan fingerprint density at radius 1 is 1.69 bits per heavy atom. The second-order valence-electron chi connectivity index (χ2n) is 4.51. The van der Waals surface area contributed by atoms with E-state index in [0.29, 0.717) is 5.13 Å². The van der Waals surface area contributed by atoms with Crippen molar-refractivity contribution in [2.24, 2.45) is 11.7 Å². The Morgan fingerprint density at radius 2 is 2.44 bits per heavy atom. The molecule has 2 atom stereocenters. The van der Waals surface area contributed by atoms with Crippen molar-refractivity contribution in [3.05, 3.63) is 10.6 Å². The standard InChI is InChI=1S/C11H17N3OS/c1-6-3-4-8-9(5-6)16-11(13-8)14-10(15)7(2)12/h6-7H,3-5,12H2,1-2H3,(H,13,14,15)/t6?,7-/m0/s1. The smallest absolute Gasteiger partial charge is 0.242 e. The fourth-order valence-corrected chi connectivity index (χ4v) is 2.99. The van der Waals surface area contributed by atoms with Gasteiger partial charge < -0.3 is 11.1 Å². The number of thiazole rings is 1. The number of hydrogen-bond donors (Lipinski definition) is 2. The van der Waals surface area contributed by atoms with Crippen LogP contribution in [0.4, 0.5) is 5.13 Å². The van der Waals surface area contributed by atoms with E-state index >= 15 is 0 Å². The van der Waals surface area contributed by atoms with Gasteiger partial charge in [-0.05, 0) is 32.1 Å². The van der Waals surface area contributed by atoms with Crippen LogP contribution in [0.5, 0.6) is 0 Å². The Labute approximate surface area is 99.3 Å². The first-order valence-corrected chi connectivity index (χ1v) is 6.43. The van der Waals surface area contributed by atoms with E-state index in [1.165, 1.54) is 11.3 Å². The van der Waals surface area contributed by atoms with Gasteiger partial charge in [0.15, 0.2) is 5.13 Å². The molecule has 1 aromatic rings. The van der Waals surface area contributed by atoms with E-state index in [-0.39, 0.29) is 5.91 Å². The normalized spacial score (nSPS) is 21.3. The van der Waals surface area contributed by atoms with Gasteiger partial charge in [0, 0.05) is 4.88 Å². The lowest BCUT2D eigenvalue weighted by Gasteiger charge is -2.15. The van der Waals surface area contributed by atoms with Gasteiger partial charge in [-0.1, -0.05) is 6.92 Å². The molecule has 1 aliphatic rings. The van der Waals surface area contributed by atoms with Crippen LogP contribution >= 0.6 is 11.3 Å². The van der Waals surface area contributed by atoms with Crippen molar-refractivity contribution in [1.82, 2.24) is 4.98 Å². The van der Waals surface area contributed by atoms with Gasteiger partial charge in [0.25, 0.3) is 0 Å². The van der Waals surface area contributed by atoms with Gasteiger partial charge in [-0.2, -0.15) is 0 Å². The molecule has 1 unspecified atom stereocenters. The third kappa shape index (κ3) is 2.41. The molecule has 0 radical (unpaired) electrons. The maximum Gasteiger partial charge on any atom is 0.242 e. The molecule has 0 bridgehead atoms. The zero-order valence-corrected chi connectivity index (χ0v) is 10.4. The number of aryl methyl sites for hydroxylation is 1. The summed E-state index contributed by atoms with van der Waals surface area (Å²) in [6.07, 6.45) is 3.31. The SMILES string of the molecule is CC1CCc2nc(NC(=O)[C@H](C)N)sc2C1. The Bertz CT molecular complexity index is 400. The topological polar surface area (TPSA) is 68.0 Å². The van der Waals surface area contributed by atoms with Gasteiger partial charge in [-0.15, -0.1) is 11.3 Å². The highest BCUT2D eigenvalue weighted by Crippen LogP contribution is 2.31. The fraction of sp³-hybridized carbons (Fsp3) is 0.636. The minimum Gasteiger partial charge on any atom is -0.320 e. The van der Waals surface area contributed by atoms with Crippen LogP contribution in [-0.2, 0) is 17.6 Å². The monoisotopic (exact) mass is 239 g/mol. The molecule has 4 nitrogen and oxygen atoms in total. The second kappa shape index (κ2) is 4.51. The van der Waals surface area contributed by atoms with Gasteiger partial charge >= 0.3 is 0 Å². The van der Waals surface area contributed by atoms with Crippen molar-refractivity contribution < 1.29 is 4.79 Å². The van der Waals surface area contributed by atoms with E-state index < -0.39 is 6.04 Å². The number of carbonyl (C=O) groups is 1. The number of aromatic nitrogens is 1. The van der Waals surface area contributed by atoms with Crippen molar-refractivity contribution in [2.45, 2.75) is 39.2 Å². The first kappa shape index (κ1) is 11.5. The van der Waals surface area contributed by atoms with Crippen molar-refractivity contribution >= 4 is 22.4 Å². The zero-order chi connectivity index (χ0) is 11.7. The Balaban J connectivity index is 2.10. The van der Waals surface area contributed by atoms with Crippen molar-refractivity contribution in [2.75, 3.05) is 5.32 Å². The molecule has 0 aliphatic heterocycles. The first-order valence-electron chi connectivity index (χ1n) is 5.61. The van der Waals surface area contributed by atoms with E-state index in [1.807, 2.05) is 0 Å². The molecule has 0 spiro atoms. The summed E-state index contributed by atoms with van der Waals surface area (Å²) >= 11 is 1.59. The maximum atomic E-state index is 11.4. The minimum atomic E-state index is -0.486. The van der Waals surface area contributed by atoms with Crippen LogP contribution in [0.3, 0.4) is 0 Å². The molecule has 1 aliphatic carbocycles. The minimum absolute atomic E-state index is 0.167. The second-order valence-corrected chi connectivity index (χ2v) is 5.60. The average Bonchev–Trinajstić information content (AvgIpc) is 2.58. The quantitative estimate of drug-likeness (QED) is 0.823. The van der Waals surface area contributed by atoms with Gasteiger partial charge in [-0.3, -0.25) is 4.79 Å². The van der Waals surface area contributed by atoms with E-state index in [0.717, 1.165) is 24.5 Å². The lowest BCUT2D eigenvalue weighted by molar-refractivity contribution is -0.117. The largest absolute Gasteiger partial charge is 0.320 e. The molecule has 1 amide bonds. The summed E-state index contributed by atoms with van der Waals surface area (Å²) < 4.78 is 0. The summed E-state index contributed by atoms with van der Waals surface area (Å²) in [4.78, 5) is 17.2. The molecule has 0 saturated heterocycles. The Hall–Kier alpha value is -0.940. The van der Waals surface area contributed by atoms with Crippen LogP contribution in [0, 0.1) is 5.92 Å². The molecule has 2 rings (SSSR count). The third-order valence-corrected chi connectivity index (χ3v) is 3.87. The lowest BCUT2D eigenvalue weighted by atomic mass is 9.93. The summed E-state index contributed by atoms with van der Waals surface area (Å²) in [5, 5.41) is 3.45. The van der Waals surface area contributed by atoms with Crippen molar-refractivity contribution in [3.63, 3.8) is 0 Å². The molecule has 0 fully saturated rings. The van der Waals surface area contributed by atoms with Crippen LogP contribution in [-0.4, -0.2) is 16.9 Å². The number of hydrogen-bond acceptors (Lipinski definition) is 4. The molecule has 16 heavy (non-hydrogen) atoms. The summed E-state index contributed by atoms with van der Waals surface area (Å²) in [6.45, 7) is 3.92. The molecule has 88 valence electrons. The van der Waals surface area contributed by atoms with E-state index in [2.05, 4.69) is 17.2 Å². The van der Waals surface area contributed by atoms with Gasteiger partial charge in [-0.25, -0.2) is 4.98 Å². The van der Waals surface area contributed by atoms with Crippen LogP contribution in [0.1, 0.15) is 30.8 Å². The first-order chi connectivity index (χ1) is 7.56. The number of carbonyl (C=O) groups excluding carboxylic acids is 1. The van der Waals surface area contributed by atoms with Crippen LogP contribution in [0.15, 0.2) is 0 Å². The van der Waals surface area contributed by atoms with Crippen LogP contribution < -0.4 is 11.1 Å². The lowest BCUT2D eigenvalue weighted by Crippen LogP contribution is -2.32. The summed E-state index contributed by atoms with van der Waals surface area (Å²) in [5.74, 6) is 0.559. The predicted molar refractivity (Wildman–Crippen MR) is 65.6 cm³/mol. The maximum absolute atomic E-state index is 11.4. The van der Waals surface area contributed by atoms with Gasteiger partial charge in [0.1, 0.15) is 0 Å². The summed E-state index contributed by atoms with van der Waals surface area (Å²) in [5.41, 5.74) is 6.65. The fourth-order valence-electron chi connectivity index (χ4n) is 1.81. The summed E-state index contributed by atoms with van der Waals surface area (Å²) in [7, 11) is 0. The number of rotatable bonds is 2. The molecule has 5 heteroatoms. The van der Waals surface area contributed by atoms with E-state index in [4.69, 9.17) is 5.73 Å². The summed E-state index contributed by atoms with van der Waals surface area (Å²) in [6, 6.07) is -0.486. The van der Waals surface area contributed by atoms with Gasteiger partial charge in [0.05, 0.1) is 11.7 Å². The molecule has 0 aromatic carbocycles.